The molecular formula is C24H26N2O4. The number of fused-ring (bicyclic) bond motifs is 1. The van der Waals surface area contributed by atoms with Gasteiger partial charge in [0.2, 0.25) is 0 Å². The van der Waals surface area contributed by atoms with Crippen LogP contribution in [0.1, 0.15) is 39.1 Å². The number of para-hydroxylation sites is 1. The number of amides is 1. The number of carboxylic acid groups (broad SMARTS) is 1. The highest BCUT2D eigenvalue weighted by atomic mass is 16.5. The van der Waals surface area contributed by atoms with Crippen molar-refractivity contribution in [1.82, 2.24) is 9.47 Å². The van der Waals surface area contributed by atoms with Gasteiger partial charge in [-0.1, -0.05) is 30.3 Å². The smallest absolute Gasteiger partial charge is 0.335 e. The molecule has 0 unspecified atom stereocenters. The quantitative estimate of drug-likeness (QED) is 0.605. The molecule has 0 radical (unpaired) electrons. The summed E-state index contributed by atoms with van der Waals surface area (Å²) in [7, 11) is 0. The molecule has 156 valence electrons. The largest absolute Gasteiger partial charge is 0.478 e. The molecule has 1 N–H and O–H groups in total. The van der Waals surface area contributed by atoms with Crippen LogP contribution in [-0.2, 0) is 17.7 Å². The lowest BCUT2D eigenvalue weighted by Gasteiger charge is -2.26. The van der Waals surface area contributed by atoms with Crippen molar-refractivity contribution in [2.24, 2.45) is 0 Å². The highest BCUT2D eigenvalue weighted by Crippen LogP contribution is 2.24. The molecule has 4 rings (SSSR count). The van der Waals surface area contributed by atoms with Crippen molar-refractivity contribution in [1.29, 1.82) is 0 Å². The second-order valence-corrected chi connectivity index (χ2v) is 7.62. The van der Waals surface area contributed by atoms with Crippen molar-refractivity contribution >= 4 is 22.8 Å². The van der Waals surface area contributed by atoms with Crippen LogP contribution in [0.5, 0.6) is 0 Å². The molecule has 30 heavy (non-hydrogen) atoms. The summed E-state index contributed by atoms with van der Waals surface area (Å²) in [5, 5.41) is 10.1. The number of morpholine rings is 1. The number of hydrogen-bond donors (Lipinski definition) is 1. The van der Waals surface area contributed by atoms with Gasteiger partial charge >= 0.3 is 5.97 Å². The van der Waals surface area contributed by atoms with Crippen LogP contribution in [-0.4, -0.2) is 52.8 Å². The first-order valence-corrected chi connectivity index (χ1v) is 10.4. The number of carbonyl (C=O) groups excluding carboxylic acids is 1. The van der Waals surface area contributed by atoms with Crippen molar-refractivity contribution in [3.63, 3.8) is 0 Å². The summed E-state index contributed by atoms with van der Waals surface area (Å²) in [4.78, 5) is 26.0. The first-order chi connectivity index (χ1) is 14.6. The number of carboxylic acids is 1. The molecule has 0 spiro atoms. The lowest BCUT2D eigenvalue weighted by Crippen LogP contribution is -2.40. The van der Waals surface area contributed by atoms with Crippen LogP contribution in [0.25, 0.3) is 10.9 Å². The summed E-state index contributed by atoms with van der Waals surface area (Å²) in [6.07, 6.45) is 4.71. The van der Waals surface area contributed by atoms with Gasteiger partial charge in [-0.15, -0.1) is 0 Å². The molecule has 6 nitrogen and oxygen atoms in total. The molecule has 2 heterocycles. The standard InChI is InChI=1S/C24H26N2O4/c27-23(25-12-14-30-15-13-25)21-17-26(22-10-2-1-9-20(21)22)11-4-3-6-18-7-5-8-19(16-18)24(28)29/h1-2,5,7-10,16-17H,3-4,6,11-15H2,(H,28,29). The predicted octanol–water partition coefficient (Wildman–Crippen LogP) is 3.83. The Balaban J connectivity index is 1.43. The molecule has 0 aliphatic carbocycles. The van der Waals surface area contributed by atoms with Gasteiger partial charge in [-0.05, 0) is 43.0 Å². The van der Waals surface area contributed by atoms with Gasteiger partial charge < -0.3 is 19.3 Å². The Morgan fingerprint density at radius 1 is 1.00 bits per heavy atom. The minimum atomic E-state index is -0.895. The van der Waals surface area contributed by atoms with Crippen molar-refractivity contribution in [3.05, 3.63) is 71.4 Å². The predicted molar refractivity (Wildman–Crippen MR) is 115 cm³/mol. The van der Waals surface area contributed by atoms with Gasteiger partial charge in [0.1, 0.15) is 0 Å². The van der Waals surface area contributed by atoms with E-state index in [4.69, 9.17) is 9.84 Å². The topological polar surface area (TPSA) is 71.8 Å². The molecule has 1 aromatic heterocycles. The number of nitrogens with zero attached hydrogens (tertiary/aromatic N) is 2. The minimum absolute atomic E-state index is 0.0683. The molecule has 2 aromatic carbocycles. The molecule has 1 amide bonds. The molecular weight excluding hydrogens is 380 g/mol. The Morgan fingerprint density at radius 3 is 2.60 bits per heavy atom. The van der Waals surface area contributed by atoms with E-state index in [1.54, 1.807) is 18.2 Å². The van der Waals surface area contributed by atoms with Gasteiger partial charge in [0.05, 0.1) is 24.3 Å². The fourth-order valence-corrected chi connectivity index (χ4v) is 4.01. The van der Waals surface area contributed by atoms with E-state index >= 15 is 0 Å². The molecule has 3 aromatic rings. The lowest BCUT2D eigenvalue weighted by atomic mass is 10.1. The fraction of sp³-hybridized carbons (Fsp3) is 0.333. The van der Waals surface area contributed by atoms with Crippen molar-refractivity contribution in [2.45, 2.75) is 25.8 Å². The van der Waals surface area contributed by atoms with Crippen LogP contribution in [0.4, 0.5) is 0 Å². The van der Waals surface area contributed by atoms with Gasteiger partial charge in [0.25, 0.3) is 5.91 Å². The van der Waals surface area contributed by atoms with Crippen LogP contribution in [0, 0.1) is 0 Å². The second kappa shape index (κ2) is 9.13. The molecule has 1 saturated heterocycles. The van der Waals surface area contributed by atoms with Gasteiger partial charge in [0, 0.05) is 36.7 Å². The van der Waals surface area contributed by atoms with E-state index in [9.17, 15) is 9.59 Å². The maximum atomic E-state index is 13.0. The molecule has 1 fully saturated rings. The zero-order valence-electron chi connectivity index (χ0n) is 16.9. The summed E-state index contributed by atoms with van der Waals surface area (Å²) in [5.41, 5.74) is 3.19. The average molecular weight is 406 g/mol. The zero-order chi connectivity index (χ0) is 20.9. The molecule has 0 bridgehead atoms. The number of carbonyl (C=O) groups is 2. The maximum Gasteiger partial charge on any atom is 0.335 e. The summed E-state index contributed by atoms with van der Waals surface area (Å²) in [6.45, 7) is 3.26. The molecule has 0 saturated carbocycles. The molecule has 1 aliphatic heterocycles. The van der Waals surface area contributed by atoms with Gasteiger partial charge in [0.15, 0.2) is 0 Å². The summed E-state index contributed by atoms with van der Waals surface area (Å²) < 4.78 is 7.53. The number of aromatic nitrogens is 1. The van der Waals surface area contributed by atoms with E-state index in [0.29, 0.717) is 31.9 Å². The lowest BCUT2D eigenvalue weighted by molar-refractivity contribution is 0.0304. The molecule has 6 heteroatoms. The summed E-state index contributed by atoms with van der Waals surface area (Å²) in [6, 6.07) is 15.2. The summed E-state index contributed by atoms with van der Waals surface area (Å²) >= 11 is 0. The van der Waals surface area contributed by atoms with E-state index in [2.05, 4.69) is 10.6 Å². The zero-order valence-corrected chi connectivity index (χ0v) is 16.9. The van der Waals surface area contributed by atoms with Crippen LogP contribution < -0.4 is 0 Å². The van der Waals surface area contributed by atoms with Crippen molar-refractivity contribution in [2.75, 3.05) is 26.3 Å². The van der Waals surface area contributed by atoms with E-state index in [1.807, 2.05) is 35.4 Å². The number of aryl methyl sites for hydroxylation is 2. The van der Waals surface area contributed by atoms with Crippen molar-refractivity contribution in [3.8, 4) is 0 Å². The highest BCUT2D eigenvalue weighted by Gasteiger charge is 2.22. The normalized spacial score (nSPS) is 14.2. The average Bonchev–Trinajstić information content (AvgIpc) is 3.16. The number of rotatable bonds is 7. The van der Waals surface area contributed by atoms with E-state index in [0.717, 1.165) is 47.8 Å². The maximum absolute atomic E-state index is 13.0. The highest BCUT2D eigenvalue weighted by molar-refractivity contribution is 6.07. The first-order valence-electron chi connectivity index (χ1n) is 10.4. The van der Waals surface area contributed by atoms with Crippen LogP contribution in [0.3, 0.4) is 0 Å². The van der Waals surface area contributed by atoms with Crippen LogP contribution in [0.15, 0.2) is 54.7 Å². The van der Waals surface area contributed by atoms with Crippen molar-refractivity contribution < 1.29 is 19.4 Å². The SMILES string of the molecule is O=C(O)c1cccc(CCCCn2cc(C(=O)N3CCOCC3)c3ccccc32)c1. The Morgan fingerprint density at radius 2 is 1.80 bits per heavy atom. The third-order valence-corrected chi connectivity index (χ3v) is 5.61. The second-order valence-electron chi connectivity index (χ2n) is 7.62. The fourth-order valence-electron chi connectivity index (χ4n) is 4.01. The van der Waals surface area contributed by atoms with Gasteiger partial charge in [-0.3, -0.25) is 4.79 Å². The van der Waals surface area contributed by atoms with Crippen LogP contribution in [0.2, 0.25) is 0 Å². The molecule has 1 aliphatic rings. The Hall–Kier alpha value is -3.12. The number of ether oxygens (including phenoxy) is 1. The van der Waals surface area contributed by atoms with E-state index in [1.165, 1.54) is 0 Å². The van der Waals surface area contributed by atoms with E-state index in [-0.39, 0.29) is 5.91 Å². The number of aromatic carboxylic acids is 1. The minimum Gasteiger partial charge on any atom is -0.478 e. The Labute approximate surface area is 175 Å². The molecule has 0 atom stereocenters. The number of hydrogen-bond acceptors (Lipinski definition) is 3. The van der Waals surface area contributed by atoms with Gasteiger partial charge in [-0.25, -0.2) is 4.79 Å². The third-order valence-electron chi connectivity index (χ3n) is 5.61. The third kappa shape index (κ3) is 4.39. The Bertz CT molecular complexity index is 1050. The number of unbranched alkanes of at least 4 members (excludes halogenated alkanes) is 1. The first kappa shape index (κ1) is 20.2. The monoisotopic (exact) mass is 406 g/mol. The van der Waals surface area contributed by atoms with Crippen LogP contribution >= 0.6 is 0 Å². The Kier molecular flexibility index (Phi) is 6.14. The van der Waals surface area contributed by atoms with E-state index < -0.39 is 5.97 Å². The summed E-state index contributed by atoms with van der Waals surface area (Å²) in [5.74, 6) is -0.827. The number of benzene rings is 2. The van der Waals surface area contributed by atoms with Gasteiger partial charge in [-0.2, -0.15) is 0 Å².